The van der Waals surface area contributed by atoms with Crippen LogP contribution in [0.15, 0.2) is 60.7 Å². The van der Waals surface area contributed by atoms with Gasteiger partial charge >= 0.3 is 0 Å². The second kappa shape index (κ2) is 5.67. The van der Waals surface area contributed by atoms with Crippen LogP contribution in [0.1, 0.15) is 0 Å². The molecular formula is C16H20FOPSi. The highest BCUT2D eigenvalue weighted by Gasteiger charge is 2.44. The standard InChI is InChI=1S/C16H20FOPSi/c1-20(2,3)16(17)19(18,14-10-6-4-7-11-14)15-12-8-5-9-13-15/h4-13,16H,1-3H3. The third-order valence-electron chi connectivity index (χ3n) is 3.31. The largest absolute Gasteiger partial charge is 0.311 e. The van der Waals surface area contributed by atoms with Crippen molar-refractivity contribution in [2.45, 2.75) is 25.2 Å². The van der Waals surface area contributed by atoms with E-state index in [0.717, 1.165) is 0 Å². The molecule has 1 nitrogen and oxygen atoms in total. The minimum absolute atomic E-state index is 0.612. The van der Waals surface area contributed by atoms with Crippen LogP contribution in [0.3, 0.4) is 0 Å². The van der Waals surface area contributed by atoms with Crippen LogP contribution in [0.4, 0.5) is 4.39 Å². The Balaban J connectivity index is 2.65. The summed E-state index contributed by atoms with van der Waals surface area (Å²) in [4.78, 5) is 0. The highest BCUT2D eigenvalue weighted by atomic mass is 31.2. The number of benzene rings is 2. The minimum atomic E-state index is -3.24. The van der Waals surface area contributed by atoms with Gasteiger partial charge in [-0.15, -0.1) is 0 Å². The molecule has 0 aliphatic carbocycles. The highest BCUT2D eigenvalue weighted by Crippen LogP contribution is 2.52. The molecule has 0 aliphatic rings. The molecule has 0 heterocycles. The summed E-state index contributed by atoms with van der Waals surface area (Å²) in [5.74, 6) is 0. The van der Waals surface area contributed by atoms with E-state index in [9.17, 15) is 4.57 Å². The molecule has 0 saturated carbocycles. The molecule has 1 atom stereocenters. The lowest BCUT2D eigenvalue weighted by Crippen LogP contribution is -2.40. The summed E-state index contributed by atoms with van der Waals surface area (Å²) in [7, 11) is -5.43. The van der Waals surface area contributed by atoms with Gasteiger partial charge in [-0.1, -0.05) is 80.3 Å². The van der Waals surface area contributed by atoms with E-state index in [1.165, 1.54) is 0 Å². The van der Waals surface area contributed by atoms with Crippen LogP contribution < -0.4 is 10.6 Å². The fourth-order valence-electron chi connectivity index (χ4n) is 2.26. The Morgan fingerprint density at radius 3 is 1.50 bits per heavy atom. The van der Waals surface area contributed by atoms with Crippen molar-refractivity contribution in [3.8, 4) is 0 Å². The summed E-state index contributed by atoms with van der Waals surface area (Å²) in [6, 6.07) is 18.1. The Morgan fingerprint density at radius 1 is 0.850 bits per heavy atom. The Morgan fingerprint density at radius 2 is 1.20 bits per heavy atom. The van der Waals surface area contributed by atoms with Gasteiger partial charge in [0.25, 0.3) is 0 Å². The minimum Gasteiger partial charge on any atom is -0.311 e. The first-order valence-corrected chi connectivity index (χ1v) is 12.1. The van der Waals surface area contributed by atoms with Gasteiger partial charge in [0.15, 0.2) is 7.14 Å². The van der Waals surface area contributed by atoms with E-state index in [1.807, 2.05) is 56.0 Å². The number of rotatable bonds is 4. The van der Waals surface area contributed by atoms with E-state index in [1.54, 1.807) is 24.3 Å². The van der Waals surface area contributed by atoms with Gasteiger partial charge in [-0.05, 0) is 0 Å². The number of hydrogen-bond acceptors (Lipinski definition) is 1. The molecule has 0 N–H and O–H groups in total. The average Bonchev–Trinajstić information content (AvgIpc) is 2.46. The Hall–Kier alpha value is -1.18. The van der Waals surface area contributed by atoms with Gasteiger partial charge in [0.1, 0.15) is 5.54 Å². The van der Waals surface area contributed by atoms with Gasteiger partial charge < -0.3 is 4.57 Å². The third-order valence-corrected chi connectivity index (χ3v) is 10.9. The zero-order valence-electron chi connectivity index (χ0n) is 12.1. The monoisotopic (exact) mass is 306 g/mol. The maximum atomic E-state index is 15.1. The predicted octanol–water partition coefficient (Wildman–Crippen LogP) is 4.17. The number of hydrogen-bond donors (Lipinski definition) is 0. The lowest BCUT2D eigenvalue weighted by atomic mass is 10.4. The first kappa shape index (κ1) is 15.2. The first-order valence-electron chi connectivity index (χ1n) is 6.72. The summed E-state index contributed by atoms with van der Waals surface area (Å²) in [5, 5.41) is 1.22. The predicted molar refractivity (Wildman–Crippen MR) is 88.0 cm³/mol. The summed E-state index contributed by atoms with van der Waals surface area (Å²) >= 11 is 0. The van der Waals surface area contributed by atoms with Crippen LogP contribution >= 0.6 is 7.14 Å². The highest BCUT2D eigenvalue weighted by molar-refractivity contribution is 7.81. The number of alkyl halides is 1. The summed E-state index contributed by atoms with van der Waals surface area (Å²) in [6.07, 6.45) is 0. The van der Waals surface area contributed by atoms with E-state index in [4.69, 9.17) is 0 Å². The zero-order valence-corrected chi connectivity index (χ0v) is 14.0. The van der Waals surface area contributed by atoms with Crippen molar-refractivity contribution >= 4 is 25.8 Å². The molecule has 0 aliphatic heterocycles. The van der Waals surface area contributed by atoms with E-state index < -0.39 is 20.8 Å². The molecule has 0 aromatic heterocycles. The molecule has 0 bridgehead atoms. The molecular weight excluding hydrogens is 286 g/mol. The first-order chi connectivity index (χ1) is 9.37. The fraction of sp³-hybridized carbons (Fsp3) is 0.250. The summed E-state index contributed by atoms with van der Waals surface area (Å²) in [5.41, 5.74) is -1.28. The van der Waals surface area contributed by atoms with Gasteiger partial charge in [-0.2, -0.15) is 0 Å². The van der Waals surface area contributed by atoms with Crippen molar-refractivity contribution in [1.82, 2.24) is 0 Å². The topological polar surface area (TPSA) is 17.1 Å². The normalized spacial score (nSPS) is 14.0. The molecule has 2 rings (SSSR count). The molecule has 0 spiro atoms. The maximum absolute atomic E-state index is 15.1. The summed E-state index contributed by atoms with van der Waals surface area (Å²) in [6.45, 7) is 5.78. The molecule has 4 heteroatoms. The van der Waals surface area contributed by atoms with Crippen molar-refractivity contribution < 1.29 is 8.96 Å². The van der Waals surface area contributed by atoms with Crippen molar-refractivity contribution in [3.05, 3.63) is 60.7 Å². The second-order valence-corrected chi connectivity index (χ2v) is 14.6. The van der Waals surface area contributed by atoms with Crippen molar-refractivity contribution in [1.29, 1.82) is 0 Å². The molecule has 2 aromatic carbocycles. The molecule has 0 amide bonds. The third kappa shape index (κ3) is 2.79. The van der Waals surface area contributed by atoms with E-state index in [0.29, 0.717) is 10.6 Å². The van der Waals surface area contributed by atoms with Gasteiger partial charge in [0.2, 0.25) is 0 Å². The fourth-order valence-corrected chi connectivity index (χ4v) is 9.56. The van der Waals surface area contributed by atoms with Crippen LogP contribution in [0, 0.1) is 0 Å². The van der Waals surface area contributed by atoms with E-state index in [2.05, 4.69) is 0 Å². The summed E-state index contributed by atoms with van der Waals surface area (Å²) < 4.78 is 28.8. The average molecular weight is 306 g/mol. The molecule has 0 fully saturated rings. The van der Waals surface area contributed by atoms with Crippen LogP contribution in [0.25, 0.3) is 0 Å². The van der Waals surface area contributed by atoms with Gasteiger partial charge in [-0.3, -0.25) is 0 Å². The SMILES string of the molecule is C[Si](C)(C)C(F)P(=O)(c1ccccc1)c1ccccc1. The molecule has 20 heavy (non-hydrogen) atoms. The van der Waals surface area contributed by atoms with Crippen molar-refractivity contribution in [2.24, 2.45) is 0 Å². The Kier molecular flexibility index (Phi) is 4.31. The lowest BCUT2D eigenvalue weighted by molar-refractivity contribution is 0.501. The smallest absolute Gasteiger partial charge is 0.172 e. The van der Waals surface area contributed by atoms with Crippen LogP contribution in [-0.4, -0.2) is 13.6 Å². The molecule has 0 saturated heterocycles. The maximum Gasteiger partial charge on any atom is 0.172 e. The van der Waals surface area contributed by atoms with E-state index >= 15 is 4.39 Å². The van der Waals surface area contributed by atoms with Crippen molar-refractivity contribution in [3.63, 3.8) is 0 Å². The van der Waals surface area contributed by atoms with Gasteiger partial charge in [0.05, 0.1) is 8.07 Å². The quantitative estimate of drug-likeness (QED) is 0.612. The second-order valence-electron chi connectivity index (χ2n) is 6.03. The molecule has 0 radical (unpaired) electrons. The molecule has 2 aromatic rings. The van der Waals surface area contributed by atoms with Crippen molar-refractivity contribution in [2.75, 3.05) is 0 Å². The van der Waals surface area contributed by atoms with Gasteiger partial charge in [-0.25, -0.2) is 4.39 Å². The molecule has 1 unspecified atom stereocenters. The van der Waals surface area contributed by atoms with Gasteiger partial charge in [0, 0.05) is 10.6 Å². The Bertz CT molecular complexity index is 564. The van der Waals surface area contributed by atoms with Crippen LogP contribution in [0.2, 0.25) is 19.6 Å². The van der Waals surface area contributed by atoms with E-state index in [-0.39, 0.29) is 0 Å². The zero-order chi connectivity index (χ0) is 14.8. The number of halogens is 1. The Labute approximate surface area is 121 Å². The molecule has 106 valence electrons. The van der Waals surface area contributed by atoms with Crippen LogP contribution in [0.5, 0.6) is 0 Å². The lowest BCUT2D eigenvalue weighted by Gasteiger charge is -2.30. The van der Waals surface area contributed by atoms with Crippen LogP contribution in [-0.2, 0) is 4.57 Å².